The minimum Gasteiger partial charge on any atom is -0.309 e. The molecule has 0 aliphatic heterocycles. The highest BCUT2D eigenvalue weighted by molar-refractivity contribution is 5.94. The van der Waals surface area contributed by atoms with Crippen LogP contribution >= 0.6 is 12.4 Å². The van der Waals surface area contributed by atoms with Crippen LogP contribution < -0.4 is 16.3 Å². The van der Waals surface area contributed by atoms with E-state index in [0.29, 0.717) is 11.5 Å². The number of halogens is 1. The second-order valence-electron chi connectivity index (χ2n) is 4.44. The maximum absolute atomic E-state index is 11.8. The first kappa shape index (κ1) is 16.2. The van der Waals surface area contributed by atoms with Gasteiger partial charge in [0, 0.05) is 14.1 Å². The highest BCUT2D eigenvalue weighted by Gasteiger charge is 2.13. The van der Waals surface area contributed by atoms with E-state index >= 15 is 0 Å². The molecule has 0 unspecified atom stereocenters. The molecule has 1 amide bonds. The Kier molecular flexibility index (Phi) is 4.91. The Bertz CT molecular complexity index is 691. The van der Waals surface area contributed by atoms with Gasteiger partial charge in [-0.25, -0.2) is 9.78 Å². The molecule has 2 N–H and O–H groups in total. The standard InChI is InChI=1S/C12H17N5O2.ClH/c1-7(13-2)11(18)15-9-6-5-8-10(14-9)17(4)12(19)16(8)3;/h5-7,13H,1-4H3,(H,14,15,18);1H/t7-;/m0./s1. The number of pyridine rings is 1. The molecule has 2 rings (SSSR count). The van der Waals surface area contributed by atoms with Gasteiger partial charge in [-0.2, -0.15) is 0 Å². The summed E-state index contributed by atoms with van der Waals surface area (Å²) in [5.74, 6) is 0.260. The summed E-state index contributed by atoms with van der Waals surface area (Å²) in [7, 11) is 5.05. The van der Waals surface area contributed by atoms with Crippen LogP contribution in [-0.4, -0.2) is 33.1 Å². The van der Waals surface area contributed by atoms with Crippen molar-refractivity contribution in [2.75, 3.05) is 12.4 Å². The number of rotatable bonds is 3. The fourth-order valence-corrected chi connectivity index (χ4v) is 1.80. The molecule has 0 bridgehead atoms. The van der Waals surface area contributed by atoms with Crippen LogP contribution in [0.25, 0.3) is 11.2 Å². The third-order valence-electron chi connectivity index (χ3n) is 3.19. The second-order valence-corrected chi connectivity index (χ2v) is 4.44. The highest BCUT2D eigenvalue weighted by atomic mass is 35.5. The quantitative estimate of drug-likeness (QED) is 0.851. The van der Waals surface area contributed by atoms with Crippen molar-refractivity contribution in [1.82, 2.24) is 19.4 Å². The summed E-state index contributed by atoms with van der Waals surface area (Å²) in [6.45, 7) is 1.76. The Morgan fingerprint density at radius 3 is 2.55 bits per heavy atom. The van der Waals surface area contributed by atoms with Crippen molar-refractivity contribution in [3.05, 3.63) is 22.6 Å². The Morgan fingerprint density at radius 2 is 1.95 bits per heavy atom. The summed E-state index contributed by atoms with van der Waals surface area (Å²) < 4.78 is 2.97. The van der Waals surface area contributed by atoms with Crippen LogP contribution in [0.2, 0.25) is 0 Å². The molecule has 1 atom stereocenters. The van der Waals surface area contributed by atoms with Gasteiger partial charge in [-0.15, -0.1) is 12.4 Å². The van der Waals surface area contributed by atoms with Crippen LogP contribution in [-0.2, 0) is 18.9 Å². The van der Waals surface area contributed by atoms with Crippen LogP contribution in [0.15, 0.2) is 16.9 Å². The molecular weight excluding hydrogens is 282 g/mol. The molecule has 0 radical (unpaired) electrons. The normalized spacial score (nSPS) is 12.0. The van der Waals surface area contributed by atoms with Gasteiger partial charge in [-0.05, 0) is 26.1 Å². The molecule has 0 spiro atoms. The van der Waals surface area contributed by atoms with E-state index in [1.54, 1.807) is 40.2 Å². The monoisotopic (exact) mass is 299 g/mol. The second kappa shape index (κ2) is 6.06. The Labute approximate surface area is 122 Å². The topological polar surface area (TPSA) is 81.0 Å². The fourth-order valence-electron chi connectivity index (χ4n) is 1.80. The lowest BCUT2D eigenvalue weighted by Crippen LogP contribution is -2.35. The van der Waals surface area contributed by atoms with E-state index in [1.807, 2.05) is 0 Å². The molecule has 110 valence electrons. The number of hydrogen-bond acceptors (Lipinski definition) is 4. The number of carbonyl (C=O) groups is 1. The molecule has 0 saturated carbocycles. The van der Waals surface area contributed by atoms with E-state index in [2.05, 4.69) is 15.6 Å². The number of nitrogens with one attached hydrogen (secondary N) is 2. The summed E-state index contributed by atoms with van der Waals surface area (Å²) in [4.78, 5) is 27.8. The Hall–Kier alpha value is -1.86. The van der Waals surface area contributed by atoms with Gasteiger partial charge >= 0.3 is 5.69 Å². The van der Waals surface area contributed by atoms with E-state index in [4.69, 9.17) is 0 Å². The zero-order valence-corrected chi connectivity index (χ0v) is 12.6. The predicted octanol–water partition coefficient (Wildman–Crippen LogP) is 0.240. The molecule has 2 aromatic rings. The molecule has 0 saturated heterocycles. The van der Waals surface area contributed by atoms with E-state index < -0.39 is 0 Å². The lowest BCUT2D eigenvalue weighted by Gasteiger charge is -2.10. The Balaban J connectivity index is 0.00000200. The van der Waals surface area contributed by atoms with Crippen LogP contribution in [0.4, 0.5) is 5.82 Å². The van der Waals surface area contributed by atoms with E-state index in [0.717, 1.165) is 5.52 Å². The first-order valence-corrected chi connectivity index (χ1v) is 5.96. The van der Waals surface area contributed by atoms with Crippen molar-refractivity contribution in [2.24, 2.45) is 14.1 Å². The molecule has 7 nitrogen and oxygen atoms in total. The molecule has 0 aliphatic carbocycles. The van der Waals surface area contributed by atoms with Crippen molar-refractivity contribution < 1.29 is 4.79 Å². The van der Waals surface area contributed by atoms with Gasteiger partial charge < -0.3 is 10.6 Å². The number of fused-ring (bicyclic) bond motifs is 1. The number of anilines is 1. The van der Waals surface area contributed by atoms with Crippen LogP contribution in [0.1, 0.15) is 6.92 Å². The predicted molar refractivity (Wildman–Crippen MR) is 80.4 cm³/mol. The Morgan fingerprint density at radius 1 is 1.30 bits per heavy atom. The minimum atomic E-state index is -0.308. The van der Waals surface area contributed by atoms with E-state index in [9.17, 15) is 9.59 Å². The number of hydrogen-bond donors (Lipinski definition) is 2. The summed E-state index contributed by atoms with van der Waals surface area (Å²) in [6.07, 6.45) is 0. The summed E-state index contributed by atoms with van der Waals surface area (Å²) >= 11 is 0. The van der Waals surface area contributed by atoms with Crippen LogP contribution in [0, 0.1) is 0 Å². The number of imidazole rings is 1. The van der Waals surface area contributed by atoms with Crippen molar-refractivity contribution in [3.8, 4) is 0 Å². The number of carbonyl (C=O) groups excluding carboxylic acids is 1. The molecule has 0 aromatic carbocycles. The van der Waals surface area contributed by atoms with Crippen molar-refractivity contribution >= 4 is 35.3 Å². The van der Waals surface area contributed by atoms with Crippen LogP contribution in [0.5, 0.6) is 0 Å². The van der Waals surface area contributed by atoms with Crippen molar-refractivity contribution in [1.29, 1.82) is 0 Å². The smallest absolute Gasteiger partial charge is 0.309 e. The van der Waals surface area contributed by atoms with Gasteiger partial charge in [-0.3, -0.25) is 13.9 Å². The largest absolute Gasteiger partial charge is 0.329 e. The number of nitrogens with zero attached hydrogens (tertiary/aromatic N) is 3. The molecule has 0 fully saturated rings. The van der Waals surface area contributed by atoms with Crippen molar-refractivity contribution in [2.45, 2.75) is 13.0 Å². The number of amides is 1. The highest BCUT2D eigenvalue weighted by Crippen LogP contribution is 2.13. The number of aromatic nitrogens is 3. The van der Waals surface area contributed by atoms with Gasteiger partial charge in [0.15, 0.2) is 5.65 Å². The number of likely N-dealkylation sites (N-methyl/N-ethyl adjacent to an activating group) is 1. The minimum absolute atomic E-state index is 0. The van der Waals surface area contributed by atoms with Gasteiger partial charge in [0.2, 0.25) is 5.91 Å². The first-order valence-electron chi connectivity index (χ1n) is 5.96. The third kappa shape index (κ3) is 2.68. The molecular formula is C12H18ClN5O2. The first-order chi connectivity index (χ1) is 8.95. The SMILES string of the molecule is CN[C@@H](C)C(=O)Nc1ccc2c(n1)n(C)c(=O)n2C.Cl. The molecule has 2 heterocycles. The maximum atomic E-state index is 11.8. The van der Waals surface area contributed by atoms with Gasteiger partial charge in [0.1, 0.15) is 5.82 Å². The summed E-state index contributed by atoms with van der Waals surface area (Å²) in [6, 6.07) is 3.14. The summed E-state index contributed by atoms with van der Waals surface area (Å²) in [5, 5.41) is 5.55. The zero-order valence-electron chi connectivity index (χ0n) is 11.8. The van der Waals surface area contributed by atoms with Crippen LogP contribution in [0.3, 0.4) is 0 Å². The average molecular weight is 300 g/mol. The van der Waals surface area contributed by atoms with Crippen molar-refractivity contribution in [3.63, 3.8) is 0 Å². The van der Waals surface area contributed by atoms with E-state index in [1.165, 1.54) is 9.13 Å². The average Bonchev–Trinajstić information content (AvgIpc) is 2.63. The lowest BCUT2D eigenvalue weighted by atomic mass is 10.3. The zero-order chi connectivity index (χ0) is 14.2. The molecule has 8 heteroatoms. The number of aryl methyl sites for hydroxylation is 2. The fraction of sp³-hybridized carbons (Fsp3) is 0.417. The lowest BCUT2D eigenvalue weighted by molar-refractivity contribution is -0.117. The van der Waals surface area contributed by atoms with Gasteiger partial charge in [0.25, 0.3) is 0 Å². The maximum Gasteiger partial charge on any atom is 0.329 e. The van der Waals surface area contributed by atoms with E-state index in [-0.39, 0.29) is 30.0 Å². The summed E-state index contributed by atoms with van der Waals surface area (Å²) in [5.41, 5.74) is 1.13. The molecule has 2 aromatic heterocycles. The third-order valence-corrected chi connectivity index (χ3v) is 3.19. The molecule has 0 aliphatic rings. The van der Waals surface area contributed by atoms with Gasteiger partial charge in [-0.1, -0.05) is 0 Å². The van der Waals surface area contributed by atoms with Gasteiger partial charge in [0.05, 0.1) is 11.6 Å². The molecule has 20 heavy (non-hydrogen) atoms.